The molecule has 2 aromatic heterocycles. The van der Waals surface area contributed by atoms with Gasteiger partial charge < -0.3 is 19.7 Å². The van der Waals surface area contributed by atoms with Gasteiger partial charge in [-0.2, -0.15) is 4.98 Å². The molecule has 1 atom stereocenters. The smallest absolute Gasteiger partial charge is 0.259 e. The highest BCUT2D eigenvalue weighted by Gasteiger charge is 2.28. The fourth-order valence-electron chi connectivity index (χ4n) is 4.69. The van der Waals surface area contributed by atoms with Crippen LogP contribution in [-0.4, -0.2) is 43.3 Å². The normalized spacial score (nSPS) is 19.3. The molecule has 1 N–H and O–H groups in total. The summed E-state index contributed by atoms with van der Waals surface area (Å²) in [5.74, 6) is 2.94. The lowest BCUT2D eigenvalue weighted by Gasteiger charge is -2.37. The Labute approximate surface area is 173 Å². The van der Waals surface area contributed by atoms with Crippen molar-refractivity contribution in [1.29, 1.82) is 0 Å². The molecule has 3 heterocycles. The Morgan fingerprint density at radius 3 is 2.55 bits per heavy atom. The van der Waals surface area contributed by atoms with Crippen molar-refractivity contribution in [3.63, 3.8) is 0 Å². The number of hydrogen-bond acceptors (Lipinski definition) is 6. The molecule has 0 bridgehead atoms. The van der Waals surface area contributed by atoms with E-state index in [2.05, 4.69) is 27.3 Å². The Morgan fingerprint density at radius 2 is 1.90 bits per heavy atom. The Kier molecular flexibility index (Phi) is 6.49. The van der Waals surface area contributed by atoms with Crippen molar-refractivity contribution >= 4 is 5.82 Å². The van der Waals surface area contributed by atoms with Crippen molar-refractivity contribution in [3.05, 3.63) is 42.2 Å². The summed E-state index contributed by atoms with van der Waals surface area (Å²) < 4.78 is 11.7. The van der Waals surface area contributed by atoms with Crippen LogP contribution in [0.4, 0.5) is 5.82 Å². The summed E-state index contributed by atoms with van der Waals surface area (Å²) in [6, 6.07) is 8.57. The van der Waals surface area contributed by atoms with Gasteiger partial charge in [-0.3, -0.25) is 4.98 Å². The minimum atomic E-state index is 0.272. The largest absolute Gasteiger partial charge is 0.491 e. The highest BCUT2D eigenvalue weighted by Crippen LogP contribution is 2.35. The van der Waals surface area contributed by atoms with Gasteiger partial charge >= 0.3 is 0 Å². The zero-order chi connectivity index (χ0) is 20.1. The molecule has 2 aromatic rings. The first-order valence-corrected chi connectivity index (χ1v) is 10.8. The Bertz CT molecular complexity index is 772. The summed E-state index contributed by atoms with van der Waals surface area (Å²) in [5, 5.41) is 3.50. The third-order valence-corrected chi connectivity index (χ3v) is 6.30. The third-order valence-electron chi connectivity index (χ3n) is 6.30. The fourth-order valence-corrected chi connectivity index (χ4v) is 4.69. The number of pyridine rings is 2. The molecule has 4 rings (SSSR count). The zero-order valence-electron chi connectivity index (χ0n) is 17.5. The maximum atomic E-state index is 6.18. The molecule has 1 aliphatic heterocycles. The standard InChI is InChI=1S/C23H32N4O2/c1-24-22(18-6-5-13-25-16-18)17-11-14-27(15-12-17)21-10-9-20(28-2)23(26-21)29-19-7-3-4-8-19/h5-6,9-10,13,16-17,19,22,24H,3-4,7-8,11-12,14-15H2,1-2H3. The van der Waals surface area contributed by atoms with E-state index in [4.69, 9.17) is 14.5 Å². The van der Waals surface area contributed by atoms with Crippen LogP contribution in [0.5, 0.6) is 11.6 Å². The van der Waals surface area contributed by atoms with Gasteiger partial charge in [0.1, 0.15) is 11.9 Å². The Morgan fingerprint density at radius 1 is 1.10 bits per heavy atom. The molecule has 0 spiro atoms. The first-order valence-electron chi connectivity index (χ1n) is 10.8. The van der Waals surface area contributed by atoms with E-state index in [1.54, 1.807) is 7.11 Å². The van der Waals surface area contributed by atoms with E-state index in [9.17, 15) is 0 Å². The molecule has 1 saturated heterocycles. The Balaban J connectivity index is 1.42. The number of rotatable bonds is 7. The predicted octanol–water partition coefficient (Wildman–Crippen LogP) is 3.98. The van der Waals surface area contributed by atoms with Crippen molar-refractivity contribution in [2.75, 3.05) is 32.1 Å². The van der Waals surface area contributed by atoms with Crippen molar-refractivity contribution in [2.45, 2.75) is 50.7 Å². The number of ether oxygens (including phenoxy) is 2. The minimum Gasteiger partial charge on any atom is -0.491 e. The van der Waals surface area contributed by atoms with Crippen molar-refractivity contribution in [3.8, 4) is 11.6 Å². The molecular weight excluding hydrogens is 364 g/mol. The summed E-state index contributed by atoms with van der Waals surface area (Å²) in [4.78, 5) is 11.5. The van der Waals surface area contributed by atoms with Crippen LogP contribution in [0.15, 0.2) is 36.7 Å². The molecule has 1 aliphatic carbocycles. The summed E-state index contributed by atoms with van der Waals surface area (Å²) in [6.45, 7) is 1.98. The SMILES string of the molecule is CNC(c1cccnc1)C1CCN(c2ccc(OC)c(OC3CCCC3)n2)CC1. The van der Waals surface area contributed by atoms with Gasteiger partial charge in [-0.25, -0.2) is 0 Å². The van der Waals surface area contributed by atoms with E-state index >= 15 is 0 Å². The average Bonchev–Trinajstić information content (AvgIpc) is 3.29. The minimum absolute atomic E-state index is 0.272. The second-order valence-corrected chi connectivity index (χ2v) is 8.08. The van der Waals surface area contributed by atoms with Gasteiger partial charge in [0.25, 0.3) is 5.88 Å². The molecule has 29 heavy (non-hydrogen) atoms. The van der Waals surface area contributed by atoms with Crippen LogP contribution in [0.1, 0.15) is 50.1 Å². The van der Waals surface area contributed by atoms with E-state index in [-0.39, 0.29) is 6.10 Å². The molecule has 0 aromatic carbocycles. The molecule has 6 nitrogen and oxygen atoms in total. The Hall–Kier alpha value is -2.34. The van der Waals surface area contributed by atoms with Crippen LogP contribution in [-0.2, 0) is 0 Å². The van der Waals surface area contributed by atoms with Crippen molar-refractivity contribution in [1.82, 2.24) is 15.3 Å². The monoisotopic (exact) mass is 396 g/mol. The number of methoxy groups -OCH3 is 1. The number of nitrogens with one attached hydrogen (secondary N) is 1. The summed E-state index contributed by atoms with van der Waals surface area (Å²) in [5.41, 5.74) is 1.27. The van der Waals surface area contributed by atoms with E-state index in [0.717, 1.165) is 50.3 Å². The number of piperidine rings is 1. The van der Waals surface area contributed by atoms with E-state index in [1.807, 2.05) is 31.6 Å². The number of hydrogen-bond donors (Lipinski definition) is 1. The van der Waals surface area contributed by atoms with Gasteiger partial charge in [-0.05, 0) is 75.3 Å². The number of aromatic nitrogens is 2. The van der Waals surface area contributed by atoms with Crippen LogP contribution < -0.4 is 19.7 Å². The van der Waals surface area contributed by atoms with Gasteiger partial charge in [-0.1, -0.05) is 6.07 Å². The topological polar surface area (TPSA) is 59.5 Å². The fraction of sp³-hybridized carbons (Fsp3) is 0.565. The van der Waals surface area contributed by atoms with Crippen molar-refractivity contribution < 1.29 is 9.47 Å². The molecule has 2 fully saturated rings. The molecule has 156 valence electrons. The second kappa shape index (κ2) is 9.44. The molecule has 0 amide bonds. The lowest BCUT2D eigenvalue weighted by atomic mass is 9.86. The van der Waals surface area contributed by atoms with E-state index in [0.29, 0.717) is 17.8 Å². The number of nitrogens with zero attached hydrogens (tertiary/aromatic N) is 3. The second-order valence-electron chi connectivity index (χ2n) is 8.08. The van der Waals surface area contributed by atoms with Gasteiger partial charge in [-0.15, -0.1) is 0 Å². The van der Waals surface area contributed by atoms with Gasteiger partial charge in [0.15, 0.2) is 5.75 Å². The highest BCUT2D eigenvalue weighted by molar-refractivity contribution is 5.47. The van der Waals surface area contributed by atoms with Gasteiger partial charge in [0.2, 0.25) is 0 Å². The highest BCUT2D eigenvalue weighted by atomic mass is 16.5. The molecule has 1 saturated carbocycles. The van der Waals surface area contributed by atoms with Crippen LogP contribution in [0.2, 0.25) is 0 Å². The van der Waals surface area contributed by atoms with Crippen LogP contribution in [0.3, 0.4) is 0 Å². The molecule has 6 heteroatoms. The molecule has 1 unspecified atom stereocenters. The summed E-state index contributed by atoms with van der Waals surface area (Å²) in [7, 11) is 3.72. The van der Waals surface area contributed by atoms with Crippen LogP contribution in [0, 0.1) is 5.92 Å². The first kappa shape index (κ1) is 20.0. The van der Waals surface area contributed by atoms with Gasteiger partial charge in [0, 0.05) is 31.5 Å². The maximum absolute atomic E-state index is 6.18. The van der Waals surface area contributed by atoms with E-state index < -0.39 is 0 Å². The van der Waals surface area contributed by atoms with E-state index in [1.165, 1.54) is 18.4 Å². The third kappa shape index (κ3) is 4.64. The predicted molar refractivity (Wildman–Crippen MR) is 115 cm³/mol. The van der Waals surface area contributed by atoms with Crippen LogP contribution >= 0.6 is 0 Å². The molecule has 0 radical (unpaired) electrons. The van der Waals surface area contributed by atoms with Crippen molar-refractivity contribution in [2.24, 2.45) is 5.92 Å². The van der Waals surface area contributed by atoms with Gasteiger partial charge in [0.05, 0.1) is 7.11 Å². The number of anilines is 1. The van der Waals surface area contributed by atoms with Crippen LogP contribution in [0.25, 0.3) is 0 Å². The molecule has 2 aliphatic rings. The summed E-state index contributed by atoms with van der Waals surface area (Å²) in [6.07, 6.45) is 11.0. The average molecular weight is 397 g/mol. The zero-order valence-corrected chi connectivity index (χ0v) is 17.5. The summed E-state index contributed by atoms with van der Waals surface area (Å²) >= 11 is 0. The lowest BCUT2D eigenvalue weighted by molar-refractivity contribution is 0.192. The maximum Gasteiger partial charge on any atom is 0.259 e. The molecular formula is C23H32N4O2. The lowest BCUT2D eigenvalue weighted by Crippen LogP contribution is -2.38. The first-order chi connectivity index (χ1) is 14.3. The quantitative estimate of drug-likeness (QED) is 0.764.